The lowest BCUT2D eigenvalue weighted by atomic mass is 9.73. The minimum absolute atomic E-state index is 0.0958. The van der Waals surface area contributed by atoms with E-state index in [0.29, 0.717) is 35.0 Å². The molecule has 0 amide bonds. The fourth-order valence-electron chi connectivity index (χ4n) is 4.17. The highest BCUT2D eigenvalue weighted by Crippen LogP contribution is 2.45. The summed E-state index contributed by atoms with van der Waals surface area (Å²) in [6.45, 7) is 17.2. The molecule has 4 nitrogen and oxygen atoms in total. The van der Waals surface area contributed by atoms with Crippen molar-refractivity contribution in [3.8, 4) is 11.5 Å². The third-order valence-corrected chi connectivity index (χ3v) is 6.21. The van der Waals surface area contributed by atoms with Gasteiger partial charge in [-0.1, -0.05) is 67.5 Å². The average Bonchev–Trinajstić information content (AvgIpc) is 2.70. The van der Waals surface area contributed by atoms with Crippen molar-refractivity contribution < 1.29 is 14.6 Å². The fraction of sp³-hybridized carbons (Fsp3) is 0.571. The van der Waals surface area contributed by atoms with E-state index in [0.717, 1.165) is 11.1 Å². The molecule has 0 aromatic heterocycles. The standard InChI is InChI=1S/C28H43NO3/c1-18(2)15-25(29)28(30,21-16-19(26(3,4)5)11-13-23(21)31-9)22-17-20(27(6,7)8)12-14-24(22)32-10/h11-14,16-18,25,30H,15,29H2,1-10H3. The number of benzene rings is 2. The highest BCUT2D eigenvalue weighted by molar-refractivity contribution is 5.54. The molecule has 2 rings (SSSR count). The number of rotatable bonds is 7. The summed E-state index contributed by atoms with van der Waals surface area (Å²) in [5, 5.41) is 12.6. The number of hydrogen-bond acceptors (Lipinski definition) is 4. The highest BCUT2D eigenvalue weighted by Gasteiger charge is 2.44. The zero-order chi connectivity index (χ0) is 24.5. The number of nitrogens with two attached hydrogens (primary N) is 1. The maximum Gasteiger partial charge on any atom is 0.137 e. The summed E-state index contributed by atoms with van der Waals surface area (Å²) in [6.07, 6.45) is 0.641. The van der Waals surface area contributed by atoms with Gasteiger partial charge in [0.2, 0.25) is 0 Å². The van der Waals surface area contributed by atoms with Crippen LogP contribution in [0.2, 0.25) is 0 Å². The second-order valence-corrected chi connectivity index (χ2v) is 11.3. The number of ether oxygens (including phenoxy) is 2. The third kappa shape index (κ3) is 5.29. The second kappa shape index (κ2) is 9.44. The Morgan fingerprint density at radius 3 is 1.44 bits per heavy atom. The molecule has 1 atom stereocenters. The molecular formula is C28H43NO3. The van der Waals surface area contributed by atoms with Gasteiger partial charge in [-0.15, -0.1) is 0 Å². The van der Waals surface area contributed by atoms with Gasteiger partial charge in [0.1, 0.15) is 17.1 Å². The number of aliphatic hydroxyl groups is 1. The van der Waals surface area contributed by atoms with Crippen LogP contribution in [0.5, 0.6) is 11.5 Å². The highest BCUT2D eigenvalue weighted by atomic mass is 16.5. The Morgan fingerprint density at radius 1 is 0.781 bits per heavy atom. The summed E-state index contributed by atoms with van der Waals surface area (Å²) in [6, 6.07) is 11.5. The van der Waals surface area contributed by atoms with E-state index in [9.17, 15) is 5.11 Å². The Balaban J connectivity index is 2.95. The lowest BCUT2D eigenvalue weighted by Gasteiger charge is -2.39. The first kappa shape index (κ1) is 26.2. The normalized spacial score (nSPS) is 13.9. The first-order valence-electron chi connectivity index (χ1n) is 11.5. The van der Waals surface area contributed by atoms with E-state index in [4.69, 9.17) is 15.2 Å². The monoisotopic (exact) mass is 441 g/mol. The molecule has 0 radical (unpaired) electrons. The quantitative estimate of drug-likeness (QED) is 0.561. The largest absolute Gasteiger partial charge is 0.496 e. The zero-order valence-electron chi connectivity index (χ0n) is 21.7. The molecule has 0 spiro atoms. The van der Waals surface area contributed by atoms with Crippen molar-refractivity contribution in [2.45, 2.75) is 84.3 Å². The van der Waals surface area contributed by atoms with Crippen LogP contribution in [-0.4, -0.2) is 25.4 Å². The molecular weight excluding hydrogens is 398 g/mol. The SMILES string of the molecule is COc1ccc(C(C)(C)C)cc1C(O)(c1cc(C(C)(C)C)ccc1OC)C(N)CC(C)C. The summed E-state index contributed by atoms with van der Waals surface area (Å²) in [4.78, 5) is 0. The number of methoxy groups -OCH3 is 2. The minimum atomic E-state index is -1.50. The Bertz CT molecular complexity index is 854. The van der Waals surface area contributed by atoms with Crippen LogP contribution in [0.3, 0.4) is 0 Å². The van der Waals surface area contributed by atoms with E-state index in [1.165, 1.54) is 0 Å². The smallest absolute Gasteiger partial charge is 0.137 e. The van der Waals surface area contributed by atoms with Gasteiger partial charge in [0.25, 0.3) is 0 Å². The van der Waals surface area contributed by atoms with Crippen LogP contribution in [0.25, 0.3) is 0 Å². The second-order valence-electron chi connectivity index (χ2n) is 11.3. The van der Waals surface area contributed by atoms with Crippen LogP contribution < -0.4 is 15.2 Å². The zero-order valence-corrected chi connectivity index (χ0v) is 21.7. The average molecular weight is 442 g/mol. The molecule has 3 N–H and O–H groups in total. The summed E-state index contributed by atoms with van der Waals surface area (Å²) >= 11 is 0. The van der Waals surface area contributed by atoms with Crippen molar-refractivity contribution in [1.82, 2.24) is 0 Å². The first-order valence-corrected chi connectivity index (χ1v) is 11.5. The van der Waals surface area contributed by atoms with Crippen LogP contribution in [0.4, 0.5) is 0 Å². The predicted molar refractivity (Wildman–Crippen MR) is 134 cm³/mol. The van der Waals surface area contributed by atoms with Crippen LogP contribution in [0.15, 0.2) is 36.4 Å². The molecule has 1 unspecified atom stereocenters. The Kier molecular flexibility index (Phi) is 7.74. The van der Waals surface area contributed by atoms with Gasteiger partial charge in [-0.25, -0.2) is 0 Å². The first-order chi connectivity index (χ1) is 14.7. The molecule has 4 heteroatoms. The van der Waals surface area contributed by atoms with Crippen LogP contribution >= 0.6 is 0 Å². The molecule has 178 valence electrons. The molecule has 0 aliphatic heterocycles. The van der Waals surface area contributed by atoms with Crippen molar-refractivity contribution in [1.29, 1.82) is 0 Å². The molecule has 0 saturated heterocycles. The van der Waals surface area contributed by atoms with E-state index in [1.807, 2.05) is 24.3 Å². The van der Waals surface area contributed by atoms with Gasteiger partial charge >= 0.3 is 0 Å². The molecule has 2 aromatic carbocycles. The van der Waals surface area contributed by atoms with Crippen LogP contribution in [-0.2, 0) is 16.4 Å². The predicted octanol–water partition coefficient (Wildman–Crippen LogP) is 5.91. The van der Waals surface area contributed by atoms with Crippen LogP contribution in [0.1, 0.15) is 84.1 Å². The fourth-order valence-corrected chi connectivity index (χ4v) is 4.17. The van der Waals surface area contributed by atoms with Gasteiger partial charge < -0.3 is 20.3 Å². The van der Waals surface area contributed by atoms with Crippen LogP contribution in [0, 0.1) is 5.92 Å². The third-order valence-electron chi connectivity index (χ3n) is 6.21. The molecule has 0 bridgehead atoms. The van der Waals surface area contributed by atoms with Gasteiger partial charge in [-0.2, -0.15) is 0 Å². The van der Waals surface area contributed by atoms with Gasteiger partial charge in [-0.05, 0) is 58.6 Å². The van der Waals surface area contributed by atoms with Gasteiger partial charge in [0.05, 0.1) is 14.2 Å². The lowest BCUT2D eigenvalue weighted by molar-refractivity contribution is 0.0393. The summed E-state index contributed by atoms with van der Waals surface area (Å²) < 4.78 is 11.5. The van der Waals surface area contributed by atoms with Crippen molar-refractivity contribution in [3.63, 3.8) is 0 Å². The minimum Gasteiger partial charge on any atom is -0.496 e. The van der Waals surface area contributed by atoms with Crippen molar-refractivity contribution in [2.75, 3.05) is 14.2 Å². The van der Waals surface area contributed by atoms with E-state index in [2.05, 4.69) is 67.5 Å². The molecule has 32 heavy (non-hydrogen) atoms. The molecule has 0 heterocycles. The van der Waals surface area contributed by atoms with E-state index >= 15 is 0 Å². The van der Waals surface area contributed by atoms with E-state index in [1.54, 1.807) is 14.2 Å². The van der Waals surface area contributed by atoms with Crippen molar-refractivity contribution in [3.05, 3.63) is 58.7 Å². The Morgan fingerprint density at radius 2 is 1.16 bits per heavy atom. The Hall–Kier alpha value is -2.04. The Labute approximate surface area is 195 Å². The lowest BCUT2D eigenvalue weighted by Crippen LogP contribution is -2.48. The maximum atomic E-state index is 12.6. The van der Waals surface area contributed by atoms with E-state index in [-0.39, 0.29) is 10.8 Å². The molecule has 0 saturated carbocycles. The summed E-state index contributed by atoms with van der Waals surface area (Å²) in [5.41, 5.74) is 8.69. The summed E-state index contributed by atoms with van der Waals surface area (Å²) in [7, 11) is 3.26. The molecule has 0 fully saturated rings. The molecule has 0 aliphatic carbocycles. The summed E-state index contributed by atoms with van der Waals surface area (Å²) in [5.74, 6) is 1.54. The molecule has 2 aromatic rings. The van der Waals surface area contributed by atoms with Crippen molar-refractivity contribution >= 4 is 0 Å². The molecule has 0 aliphatic rings. The van der Waals surface area contributed by atoms with Gasteiger partial charge in [0, 0.05) is 17.2 Å². The van der Waals surface area contributed by atoms with E-state index < -0.39 is 11.6 Å². The van der Waals surface area contributed by atoms with Crippen molar-refractivity contribution in [2.24, 2.45) is 11.7 Å². The maximum absolute atomic E-state index is 12.6. The topological polar surface area (TPSA) is 64.7 Å². The number of hydrogen-bond donors (Lipinski definition) is 2. The van der Waals surface area contributed by atoms with Gasteiger partial charge in [0.15, 0.2) is 0 Å². The van der Waals surface area contributed by atoms with Gasteiger partial charge in [-0.3, -0.25) is 0 Å².